The maximum atomic E-state index is 13.2. The predicted octanol–water partition coefficient (Wildman–Crippen LogP) is 2.62. The van der Waals surface area contributed by atoms with Gasteiger partial charge in [-0.2, -0.15) is 0 Å². The number of ether oxygens (including phenoxy) is 2. The number of piperidine rings is 1. The maximum absolute atomic E-state index is 13.2. The highest BCUT2D eigenvalue weighted by molar-refractivity contribution is 5.83. The molecule has 0 N–H and O–H groups in total. The van der Waals surface area contributed by atoms with E-state index in [9.17, 15) is 4.79 Å². The van der Waals surface area contributed by atoms with Gasteiger partial charge in [0.05, 0.1) is 7.11 Å². The minimum Gasteiger partial charge on any atom is -0.497 e. The number of methoxy groups -OCH3 is 1. The quantitative estimate of drug-likeness (QED) is 0.759. The molecule has 30 heavy (non-hydrogen) atoms. The molecule has 4 aliphatic rings. The van der Waals surface area contributed by atoms with Crippen LogP contribution in [0.5, 0.6) is 5.75 Å². The van der Waals surface area contributed by atoms with Crippen molar-refractivity contribution in [1.29, 1.82) is 0 Å². The molecule has 1 aromatic carbocycles. The number of hydrogen-bond acceptors (Lipinski definition) is 5. The predicted molar refractivity (Wildman–Crippen MR) is 117 cm³/mol. The van der Waals surface area contributed by atoms with E-state index in [0.717, 1.165) is 51.6 Å². The van der Waals surface area contributed by atoms with Crippen LogP contribution in [0.15, 0.2) is 24.3 Å². The van der Waals surface area contributed by atoms with Gasteiger partial charge in [-0.25, -0.2) is 0 Å². The van der Waals surface area contributed by atoms with Crippen LogP contribution in [-0.4, -0.2) is 81.3 Å². The van der Waals surface area contributed by atoms with Gasteiger partial charge in [0.15, 0.2) is 0 Å². The Morgan fingerprint density at radius 3 is 2.30 bits per heavy atom. The van der Waals surface area contributed by atoms with E-state index in [-0.39, 0.29) is 5.92 Å². The highest BCUT2D eigenvalue weighted by Crippen LogP contribution is 2.60. The average molecular weight is 414 g/mol. The third kappa shape index (κ3) is 3.92. The Kier molecular flexibility index (Phi) is 5.63. The Labute approximate surface area is 180 Å². The summed E-state index contributed by atoms with van der Waals surface area (Å²) in [7, 11) is 1.69. The van der Waals surface area contributed by atoms with E-state index in [1.54, 1.807) is 7.11 Å². The number of carbonyl (C=O) groups excluding carboxylic acids is 1. The van der Waals surface area contributed by atoms with Crippen molar-refractivity contribution in [2.45, 2.75) is 38.1 Å². The standard InChI is InChI=1S/C24H35N3O3/c1-29-21-4-2-19(3-5-21)26-12-14-27(15-13-26)23(28)22-18-24(22)8-10-25(11-9-24)20-6-16-30-17-7-20/h2-5,20,22H,6-18H2,1H3. The number of rotatable bonds is 4. The molecule has 4 fully saturated rings. The molecule has 3 aliphatic heterocycles. The number of amides is 1. The van der Waals surface area contributed by atoms with Gasteiger partial charge in [0.25, 0.3) is 0 Å². The Hall–Kier alpha value is -1.79. The fourth-order valence-corrected chi connectivity index (χ4v) is 5.83. The first kappa shape index (κ1) is 20.1. The van der Waals surface area contributed by atoms with Gasteiger partial charge in [-0.15, -0.1) is 0 Å². The van der Waals surface area contributed by atoms with Crippen LogP contribution in [0.3, 0.4) is 0 Å². The SMILES string of the molecule is COc1ccc(N2CCN(C(=O)C3CC34CCN(C3CCOCC3)CC4)CC2)cc1. The lowest BCUT2D eigenvalue weighted by molar-refractivity contribution is -0.134. The molecule has 1 aromatic rings. The van der Waals surface area contributed by atoms with Crippen molar-refractivity contribution in [3.8, 4) is 5.75 Å². The van der Waals surface area contributed by atoms with Crippen molar-refractivity contribution in [3.05, 3.63) is 24.3 Å². The zero-order valence-corrected chi connectivity index (χ0v) is 18.2. The molecule has 0 bridgehead atoms. The minimum atomic E-state index is 0.280. The van der Waals surface area contributed by atoms with Crippen LogP contribution in [0, 0.1) is 11.3 Å². The zero-order valence-electron chi connectivity index (χ0n) is 18.2. The van der Waals surface area contributed by atoms with E-state index < -0.39 is 0 Å². The van der Waals surface area contributed by atoms with Gasteiger partial charge in [-0.1, -0.05) is 0 Å². The third-order valence-electron chi connectivity index (χ3n) is 8.02. The van der Waals surface area contributed by atoms with Gasteiger partial charge < -0.3 is 24.2 Å². The molecule has 1 aliphatic carbocycles. The Bertz CT molecular complexity index is 731. The largest absolute Gasteiger partial charge is 0.497 e. The Morgan fingerprint density at radius 1 is 1.00 bits per heavy atom. The molecule has 1 unspecified atom stereocenters. The summed E-state index contributed by atoms with van der Waals surface area (Å²) in [6.07, 6.45) is 5.87. The fraction of sp³-hybridized carbons (Fsp3) is 0.708. The molecule has 1 spiro atoms. The van der Waals surface area contributed by atoms with Gasteiger partial charge in [0, 0.05) is 57.0 Å². The molecule has 164 valence electrons. The first-order chi connectivity index (χ1) is 14.7. The summed E-state index contributed by atoms with van der Waals surface area (Å²) in [4.78, 5) is 20.4. The smallest absolute Gasteiger partial charge is 0.226 e. The monoisotopic (exact) mass is 413 g/mol. The van der Waals surface area contributed by atoms with Crippen LogP contribution >= 0.6 is 0 Å². The minimum absolute atomic E-state index is 0.280. The molecule has 3 heterocycles. The van der Waals surface area contributed by atoms with E-state index in [1.807, 2.05) is 12.1 Å². The first-order valence-electron chi connectivity index (χ1n) is 11.7. The molecular formula is C24H35N3O3. The number of hydrogen-bond donors (Lipinski definition) is 0. The normalized spacial score (nSPS) is 27.3. The summed E-state index contributed by atoms with van der Waals surface area (Å²) in [5.41, 5.74) is 1.53. The summed E-state index contributed by atoms with van der Waals surface area (Å²) < 4.78 is 10.8. The fourth-order valence-electron chi connectivity index (χ4n) is 5.83. The summed E-state index contributed by atoms with van der Waals surface area (Å²) >= 11 is 0. The Balaban J connectivity index is 1.10. The maximum Gasteiger partial charge on any atom is 0.226 e. The Morgan fingerprint density at radius 2 is 1.67 bits per heavy atom. The van der Waals surface area contributed by atoms with E-state index in [1.165, 1.54) is 44.5 Å². The van der Waals surface area contributed by atoms with E-state index in [0.29, 0.717) is 17.4 Å². The highest BCUT2D eigenvalue weighted by atomic mass is 16.5. The molecule has 1 saturated carbocycles. The lowest BCUT2D eigenvalue weighted by Crippen LogP contribution is -2.50. The van der Waals surface area contributed by atoms with Crippen LogP contribution in [0.4, 0.5) is 5.69 Å². The van der Waals surface area contributed by atoms with Gasteiger partial charge in [0.2, 0.25) is 5.91 Å². The summed E-state index contributed by atoms with van der Waals surface area (Å²) in [6, 6.07) is 8.94. The molecule has 6 heteroatoms. The second kappa shape index (κ2) is 8.39. The van der Waals surface area contributed by atoms with Crippen LogP contribution < -0.4 is 9.64 Å². The van der Waals surface area contributed by atoms with E-state index >= 15 is 0 Å². The number of anilines is 1. The van der Waals surface area contributed by atoms with Crippen LogP contribution in [0.2, 0.25) is 0 Å². The molecule has 6 nitrogen and oxygen atoms in total. The van der Waals surface area contributed by atoms with Gasteiger partial charge >= 0.3 is 0 Å². The highest BCUT2D eigenvalue weighted by Gasteiger charge is 2.59. The van der Waals surface area contributed by atoms with Gasteiger partial charge in [-0.3, -0.25) is 4.79 Å². The van der Waals surface area contributed by atoms with Crippen LogP contribution in [-0.2, 0) is 9.53 Å². The molecular weight excluding hydrogens is 378 g/mol. The van der Waals surface area contributed by atoms with Crippen molar-refractivity contribution < 1.29 is 14.3 Å². The zero-order chi connectivity index (χ0) is 20.6. The van der Waals surface area contributed by atoms with Crippen molar-refractivity contribution >= 4 is 11.6 Å². The molecule has 0 radical (unpaired) electrons. The van der Waals surface area contributed by atoms with Crippen molar-refractivity contribution in [1.82, 2.24) is 9.80 Å². The first-order valence-corrected chi connectivity index (χ1v) is 11.7. The van der Waals surface area contributed by atoms with Crippen LogP contribution in [0.1, 0.15) is 32.1 Å². The summed E-state index contributed by atoms with van der Waals surface area (Å²) in [5, 5.41) is 0. The summed E-state index contributed by atoms with van der Waals surface area (Å²) in [6.45, 7) is 7.66. The number of nitrogens with zero attached hydrogens (tertiary/aromatic N) is 3. The molecule has 3 saturated heterocycles. The van der Waals surface area contributed by atoms with Crippen molar-refractivity contribution in [2.75, 3.05) is 64.5 Å². The number of carbonyl (C=O) groups is 1. The van der Waals surface area contributed by atoms with Crippen molar-refractivity contribution in [3.63, 3.8) is 0 Å². The molecule has 5 rings (SSSR count). The summed E-state index contributed by atoms with van der Waals surface area (Å²) in [5.74, 6) is 1.58. The van der Waals surface area contributed by atoms with Crippen molar-refractivity contribution in [2.24, 2.45) is 11.3 Å². The third-order valence-corrected chi connectivity index (χ3v) is 8.02. The number of benzene rings is 1. The van der Waals surface area contributed by atoms with E-state index in [2.05, 4.69) is 26.8 Å². The van der Waals surface area contributed by atoms with Crippen LogP contribution in [0.25, 0.3) is 0 Å². The molecule has 1 atom stereocenters. The lowest BCUT2D eigenvalue weighted by Gasteiger charge is -2.40. The van der Waals surface area contributed by atoms with Gasteiger partial charge in [-0.05, 0) is 74.9 Å². The number of likely N-dealkylation sites (tertiary alicyclic amines) is 1. The lowest BCUT2D eigenvalue weighted by atomic mass is 9.89. The second-order valence-corrected chi connectivity index (χ2v) is 9.51. The van der Waals surface area contributed by atoms with E-state index in [4.69, 9.17) is 9.47 Å². The second-order valence-electron chi connectivity index (χ2n) is 9.51. The average Bonchev–Trinajstić information content (AvgIpc) is 3.52. The topological polar surface area (TPSA) is 45.2 Å². The van der Waals surface area contributed by atoms with Gasteiger partial charge in [0.1, 0.15) is 5.75 Å². The number of piperazine rings is 1. The molecule has 0 aromatic heterocycles. The molecule has 1 amide bonds.